The molecule has 0 saturated carbocycles. The average molecular weight is 343 g/mol. The maximum Gasteiger partial charge on any atom is 0.337 e. The molecule has 3 N–H and O–H groups in total. The number of carboxylic acids is 1. The Morgan fingerprint density at radius 1 is 1.45 bits per heavy atom. The third-order valence-electron chi connectivity index (χ3n) is 3.28. The minimum Gasteiger partial charge on any atom is -0.478 e. The van der Waals surface area contributed by atoms with E-state index in [2.05, 4.69) is 21.2 Å². The lowest BCUT2D eigenvalue weighted by Gasteiger charge is -2.18. The van der Waals surface area contributed by atoms with Gasteiger partial charge in [0.1, 0.15) is 0 Å². The molecule has 1 atom stereocenters. The van der Waals surface area contributed by atoms with Crippen LogP contribution in [0.1, 0.15) is 16.8 Å². The predicted molar refractivity (Wildman–Crippen MR) is 76.9 cm³/mol. The number of aliphatic hydroxyl groups is 1. The Morgan fingerprint density at radius 2 is 2.20 bits per heavy atom. The van der Waals surface area contributed by atoms with Gasteiger partial charge < -0.3 is 20.4 Å². The molecule has 1 aliphatic rings. The quantitative estimate of drug-likeness (QED) is 0.783. The highest BCUT2D eigenvalue weighted by molar-refractivity contribution is 9.10. The SMILES string of the molecule is O=C(O)c1ccc(Br)cc1NC(=O)N1CCC(CO)C1. The molecule has 1 heterocycles. The second-order valence-corrected chi connectivity index (χ2v) is 5.62. The molecule has 1 aromatic rings. The van der Waals surface area contributed by atoms with Crippen LogP contribution in [0, 0.1) is 5.92 Å². The molecule has 1 fully saturated rings. The van der Waals surface area contributed by atoms with E-state index in [1.54, 1.807) is 17.0 Å². The van der Waals surface area contributed by atoms with Crippen molar-refractivity contribution in [3.8, 4) is 0 Å². The van der Waals surface area contributed by atoms with Gasteiger partial charge in [-0.2, -0.15) is 0 Å². The number of carbonyl (C=O) groups is 2. The van der Waals surface area contributed by atoms with Gasteiger partial charge in [0, 0.05) is 30.1 Å². The fourth-order valence-corrected chi connectivity index (χ4v) is 2.53. The molecule has 0 radical (unpaired) electrons. The van der Waals surface area contributed by atoms with Crippen molar-refractivity contribution >= 4 is 33.6 Å². The van der Waals surface area contributed by atoms with Gasteiger partial charge in [0.15, 0.2) is 0 Å². The molecular formula is C13H15BrN2O4. The van der Waals surface area contributed by atoms with Crippen LogP contribution in [0.2, 0.25) is 0 Å². The Bertz CT molecular complexity index is 535. The lowest BCUT2D eigenvalue weighted by molar-refractivity contribution is 0.0698. The molecule has 0 aromatic heterocycles. The first-order valence-electron chi connectivity index (χ1n) is 6.21. The van der Waals surface area contributed by atoms with Crippen molar-refractivity contribution in [3.63, 3.8) is 0 Å². The Hall–Kier alpha value is -1.60. The van der Waals surface area contributed by atoms with Crippen LogP contribution in [0.25, 0.3) is 0 Å². The van der Waals surface area contributed by atoms with Gasteiger partial charge in [-0.05, 0) is 24.6 Å². The minimum atomic E-state index is -1.09. The number of hydrogen-bond donors (Lipinski definition) is 3. The topological polar surface area (TPSA) is 89.9 Å². The Morgan fingerprint density at radius 3 is 2.80 bits per heavy atom. The number of carbonyl (C=O) groups excluding carboxylic acids is 1. The van der Waals surface area contributed by atoms with Crippen molar-refractivity contribution in [2.45, 2.75) is 6.42 Å². The Balaban J connectivity index is 2.11. The summed E-state index contributed by atoms with van der Waals surface area (Å²) in [5.74, 6) is -0.996. The van der Waals surface area contributed by atoms with E-state index in [4.69, 9.17) is 10.2 Å². The standard InChI is InChI=1S/C13H15BrN2O4/c14-9-1-2-10(12(18)19)11(5-9)15-13(20)16-4-3-8(6-16)7-17/h1-2,5,8,17H,3-4,6-7H2,(H,15,20)(H,18,19). The van der Waals surface area contributed by atoms with Gasteiger partial charge in [-0.1, -0.05) is 15.9 Å². The van der Waals surface area contributed by atoms with E-state index in [1.165, 1.54) is 6.07 Å². The van der Waals surface area contributed by atoms with Crippen LogP contribution in [0.15, 0.2) is 22.7 Å². The first-order chi connectivity index (χ1) is 9.51. The van der Waals surface area contributed by atoms with Crippen molar-refractivity contribution in [1.82, 2.24) is 4.90 Å². The maximum atomic E-state index is 12.1. The summed E-state index contributed by atoms with van der Waals surface area (Å²) in [5, 5.41) is 20.8. The summed E-state index contributed by atoms with van der Waals surface area (Å²) in [6, 6.07) is 4.25. The van der Waals surface area contributed by atoms with Crippen LogP contribution in [-0.4, -0.2) is 46.8 Å². The summed E-state index contributed by atoms with van der Waals surface area (Å²) in [4.78, 5) is 24.8. The van der Waals surface area contributed by atoms with Crippen LogP contribution in [0.3, 0.4) is 0 Å². The number of nitrogens with one attached hydrogen (secondary N) is 1. The minimum absolute atomic E-state index is 0.0412. The maximum absolute atomic E-state index is 12.1. The van der Waals surface area contributed by atoms with Crippen LogP contribution >= 0.6 is 15.9 Å². The number of benzene rings is 1. The van der Waals surface area contributed by atoms with Crippen LogP contribution in [-0.2, 0) is 0 Å². The van der Waals surface area contributed by atoms with Crippen molar-refractivity contribution < 1.29 is 19.8 Å². The summed E-state index contributed by atoms with van der Waals surface area (Å²) >= 11 is 3.25. The van der Waals surface area contributed by atoms with E-state index in [0.29, 0.717) is 17.6 Å². The van der Waals surface area contributed by atoms with E-state index < -0.39 is 5.97 Å². The summed E-state index contributed by atoms with van der Waals surface area (Å²) in [6.07, 6.45) is 0.758. The number of likely N-dealkylation sites (tertiary alicyclic amines) is 1. The van der Waals surface area contributed by atoms with Crippen molar-refractivity contribution in [3.05, 3.63) is 28.2 Å². The molecule has 20 heavy (non-hydrogen) atoms. The Labute approximate surface area is 124 Å². The van der Waals surface area contributed by atoms with Gasteiger partial charge in [-0.25, -0.2) is 9.59 Å². The Kier molecular flexibility index (Phi) is 4.61. The van der Waals surface area contributed by atoms with E-state index in [1.807, 2.05) is 0 Å². The first-order valence-corrected chi connectivity index (χ1v) is 7.00. The largest absolute Gasteiger partial charge is 0.478 e. The molecule has 108 valence electrons. The zero-order valence-corrected chi connectivity index (χ0v) is 12.3. The molecule has 0 bridgehead atoms. The number of carboxylic acid groups (broad SMARTS) is 1. The highest BCUT2D eigenvalue weighted by atomic mass is 79.9. The van der Waals surface area contributed by atoms with Gasteiger partial charge in [-0.3, -0.25) is 0 Å². The molecule has 0 aliphatic carbocycles. The molecule has 6 nitrogen and oxygen atoms in total. The number of nitrogens with zero attached hydrogens (tertiary/aromatic N) is 1. The molecule has 7 heteroatoms. The number of hydrogen-bond acceptors (Lipinski definition) is 3. The van der Waals surface area contributed by atoms with Gasteiger partial charge >= 0.3 is 12.0 Å². The zero-order chi connectivity index (χ0) is 14.7. The van der Waals surface area contributed by atoms with Crippen LogP contribution in [0.5, 0.6) is 0 Å². The molecule has 0 spiro atoms. The predicted octanol–water partition coefficient (Wildman–Crippen LogP) is 1.99. The van der Waals surface area contributed by atoms with Gasteiger partial charge in [-0.15, -0.1) is 0 Å². The number of urea groups is 1. The number of aromatic carboxylic acids is 1. The summed E-state index contributed by atoms with van der Waals surface area (Å²) in [7, 11) is 0. The number of rotatable bonds is 3. The molecule has 1 unspecified atom stereocenters. The molecule has 2 rings (SSSR count). The summed E-state index contributed by atoms with van der Waals surface area (Å²) < 4.78 is 0.687. The molecule has 2 amide bonds. The number of aliphatic hydroxyl groups excluding tert-OH is 1. The van der Waals surface area contributed by atoms with Crippen LogP contribution < -0.4 is 5.32 Å². The smallest absolute Gasteiger partial charge is 0.337 e. The lowest BCUT2D eigenvalue weighted by atomic mass is 10.1. The molecule has 1 aromatic carbocycles. The second-order valence-electron chi connectivity index (χ2n) is 4.71. The molecule has 1 aliphatic heterocycles. The number of halogens is 1. The van der Waals surface area contributed by atoms with E-state index in [9.17, 15) is 9.59 Å². The third kappa shape index (κ3) is 3.29. The normalized spacial score (nSPS) is 18.1. The third-order valence-corrected chi connectivity index (χ3v) is 3.78. The highest BCUT2D eigenvalue weighted by Gasteiger charge is 2.26. The highest BCUT2D eigenvalue weighted by Crippen LogP contribution is 2.23. The van der Waals surface area contributed by atoms with Gasteiger partial charge in [0.05, 0.1) is 11.3 Å². The lowest BCUT2D eigenvalue weighted by Crippen LogP contribution is -2.33. The summed E-state index contributed by atoms with van der Waals surface area (Å²) in [5.41, 5.74) is 0.295. The average Bonchev–Trinajstić information content (AvgIpc) is 2.87. The van der Waals surface area contributed by atoms with Crippen LogP contribution in [0.4, 0.5) is 10.5 Å². The zero-order valence-electron chi connectivity index (χ0n) is 10.7. The van der Waals surface area contributed by atoms with Gasteiger partial charge in [0.2, 0.25) is 0 Å². The fraction of sp³-hybridized carbons (Fsp3) is 0.385. The fourth-order valence-electron chi connectivity index (χ4n) is 2.17. The van der Waals surface area contributed by atoms with Gasteiger partial charge in [0.25, 0.3) is 0 Å². The number of anilines is 1. The monoisotopic (exact) mass is 342 g/mol. The first kappa shape index (κ1) is 14.8. The van der Waals surface area contributed by atoms with Crippen molar-refractivity contribution in [1.29, 1.82) is 0 Å². The number of amides is 2. The van der Waals surface area contributed by atoms with E-state index in [-0.39, 0.29) is 29.8 Å². The molecule has 1 saturated heterocycles. The second kappa shape index (κ2) is 6.23. The van der Waals surface area contributed by atoms with E-state index >= 15 is 0 Å². The van der Waals surface area contributed by atoms with E-state index in [0.717, 1.165) is 6.42 Å². The molecular weight excluding hydrogens is 328 g/mol. The summed E-state index contributed by atoms with van der Waals surface area (Å²) in [6.45, 7) is 1.10. The van der Waals surface area contributed by atoms with Crippen molar-refractivity contribution in [2.75, 3.05) is 25.0 Å². The van der Waals surface area contributed by atoms with Crippen molar-refractivity contribution in [2.24, 2.45) is 5.92 Å².